The number of nitrogens with zero attached hydrogens (tertiary/aromatic N) is 1. The average molecular weight is 228 g/mol. The molecule has 0 amide bonds. The molecular formula is C14H16N2O. The number of pyridine rings is 1. The van der Waals surface area contributed by atoms with Crippen LogP contribution in [0, 0.1) is 5.92 Å². The van der Waals surface area contributed by atoms with Gasteiger partial charge in [-0.2, -0.15) is 0 Å². The highest BCUT2D eigenvalue weighted by atomic mass is 16.5. The first kappa shape index (κ1) is 10.5. The Kier molecular flexibility index (Phi) is 2.92. The van der Waals surface area contributed by atoms with E-state index in [0.29, 0.717) is 5.92 Å². The third-order valence-electron chi connectivity index (χ3n) is 3.21. The zero-order chi connectivity index (χ0) is 11.5. The predicted molar refractivity (Wildman–Crippen MR) is 69.2 cm³/mol. The fourth-order valence-corrected chi connectivity index (χ4v) is 2.17. The first-order valence-electron chi connectivity index (χ1n) is 6.08. The molecule has 0 radical (unpaired) electrons. The zero-order valence-electron chi connectivity index (χ0n) is 9.73. The van der Waals surface area contributed by atoms with Gasteiger partial charge in [-0.05, 0) is 18.6 Å². The molecule has 1 aromatic heterocycles. The first-order valence-corrected chi connectivity index (χ1v) is 6.08. The van der Waals surface area contributed by atoms with Gasteiger partial charge in [0.1, 0.15) is 0 Å². The summed E-state index contributed by atoms with van der Waals surface area (Å²) in [6, 6.07) is 10.3. The maximum absolute atomic E-state index is 5.36. The van der Waals surface area contributed by atoms with E-state index in [1.165, 1.54) is 5.39 Å². The monoisotopic (exact) mass is 228 g/mol. The summed E-state index contributed by atoms with van der Waals surface area (Å²) in [5.74, 6) is 0.640. The van der Waals surface area contributed by atoms with Crippen molar-refractivity contribution in [3.8, 4) is 0 Å². The van der Waals surface area contributed by atoms with Gasteiger partial charge in [-0.1, -0.05) is 18.2 Å². The van der Waals surface area contributed by atoms with Crippen molar-refractivity contribution in [1.29, 1.82) is 0 Å². The van der Waals surface area contributed by atoms with Gasteiger partial charge in [-0.25, -0.2) is 0 Å². The summed E-state index contributed by atoms with van der Waals surface area (Å²) in [6.45, 7) is 2.76. The van der Waals surface area contributed by atoms with E-state index in [2.05, 4.69) is 22.4 Å². The van der Waals surface area contributed by atoms with E-state index in [1.807, 2.05) is 24.4 Å². The lowest BCUT2D eigenvalue weighted by atomic mass is 10.1. The number of hydrogen-bond acceptors (Lipinski definition) is 3. The van der Waals surface area contributed by atoms with Gasteiger partial charge in [0, 0.05) is 24.5 Å². The van der Waals surface area contributed by atoms with Crippen LogP contribution in [-0.2, 0) is 4.74 Å². The third kappa shape index (κ3) is 2.39. The van der Waals surface area contributed by atoms with E-state index in [9.17, 15) is 0 Å². The molecule has 3 heteroatoms. The molecule has 2 heterocycles. The Balaban J connectivity index is 1.72. The number of para-hydroxylation sites is 1. The van der Waals surface area contributed by atoms with E-state index in [-0.39, 0.29) is 0 Å². The molecule has 88 valence electrons. The Morgan fingerprint density at radius 1 is 1.35 bits per heavy atom. The SMILES string of the molecule is c1ccc2ncc(NCC3CCOC3)cc2c1. The van der Waals surface area contributed by atoms with Crippen LogP contribution >= 0.6 is 0 Å². The van der Waals surface area contributed by atoms with Crippen LogP contribution in [-0.4, -0.2) is 24.7 Å². The molecule has 0 spiro atoms. The Labute approximate surface area is 101 Å². The number of aromatic nitrogens is 1. The van der Waals surface area contributed by atoms with Crippen molar-refractivity contribution in [3.63, 3.8) is 0 Å². The van der Waals surface area contributed by atoms with E-state index in [1.54, 1.807) is 0 Å². The minimum absolute atomic E-state index is 0.640. The number of rotatable bonds is 3. The first-order chi connectivity index (χ1) is 8.42. The number of ether oxygens (including phenoxy) is 1. The molecule has 1 aliphatic rings. The van der Waals surface area contributed by atoms with Crippen molar-refractivity contribution in [2.45, 2.75) is 6.42 Å². The fraction of sp³-hybridized carbons (Fsp3) is 0.357. The molecule has 0 bridgehead atoms. The summed E-state index contributed by atoms with van der Waals surface area (Å²) >= 11 is 0. The molecule has 3 rings (SSSR count). The van der Waals surface area contributed by atoms with Crippen LogP contribution in [0.25, 0.3) is 10.9 Å². The molecule has 1 aromatic carbocycles. The Bertz CT molecular complexity index is 506. The summed E-state index contributed by atoms with van der Waals surface area (Å²) < 4.78 is 5.36. The van der Waals surface area contributed by atoms with Gasteiger partial charge in [0.15, 0.2) is 0 Å². The van der Waals surface area contributed by atoms with Crippen LogP contribution in [0.4, 0.5) is 5.69 Å². The smallest absolute Gasteiger partial charge is 0.0703 e. The molecule has 0 aliphatic carbocycles. The van der Waals surface area contributed by atoms with Gasteiger partial charge in [0.25, 0.3) is 0 Å². The molecule has 2 aromatic rings. The van der Waals surface area contributed by atoms with E-state index >= 15 is 0 Å². The number of benzene rings is 1. The largest absolute Gasteiger partial charge is 0.383 e. The topological polar surface area (TPSA) is 34.2 Å². The normalized spacial score (nSPS) is 19.6. The predicted octanol–water partition coefficient (Wildman–Crippen LogP) is 2.68. The van der Waals surface area contributed by atoms with Crippen molar-refractivity contribution < 1.29 is 4.74 Å². The maximum Gasteiger partial charge on any atom is 0.0703 e. The second-order valence-corrected chi connectivity index (χ2v) is 4.53. The highest BCUT2D eigenvalue weighted by Crippen LogP contribution is 2.18. The Hall–Kier alpha value is -1.61. The second kappa shape index (κ2) is 4.72. The van der Waals surface area contributed by atoms with Gasteiger partial charge < -0.3 is 10.1 Å². The highest BCUT2D eigenvalue weighted by Gasteiger charge is 2.14. The molecule has 1 aliphatic heterocycles. The van der Waals surface area contributed by atoms with Gasteiger partial charge >= 0.3 is 0 Å². The molecule has 1 atom stereocenters. The summed E-state index contributed by atoms with van der Waals surface area (Å²) in [4.78, 5) is 4.43. The molecule has 17 heavy (non-hydrogen) atoms. The van der Waals surface area contributed by atoms with Crippen LogP contribution in [0.5, 0.6) is 0 Å². The van der Waals surface area contributed by atoms with E-state index in [4.69, 9.17) is 4.74 Å². The van der Waals surface area contributed by atoms with Crippen LogP contribution in [0.15, 0.2) is 36.5 Å². The molecule has 1 unspecified atom stereocenters. The summed E-state index contributed by atoms with van der Waals surface area (Å²) in [5, 5.41) is 4.62. The van der Waals surface area contributed by atoms with Crippen LogP contribution in [0.2, 0.25) is 0 Å². The molecule has 1 N–H and O–H groups in total. The van der Waals surface area contributed by atoms with Crippen molar-refractivity contribution in [2.75, 3.05) is 25.1 Å². The van der Waals surface area contributed by atoms with Crippen molar-refractivity contribution in [3.05, 3.63) is 36.5 Å². The molecule has 1 fully saturated rings. The summed E-state index contributed by atoms with van der Waals surface area (Å²) in [6.07, 6.45) is 3.06. The molecular weight excluding hydrogens is 212 g/mol. The zero-order valence-corrected chi connectivity index (χ0v) is 9.73. The van der Waals surface area contributed by atoms with Crippen molar-refractivity contribution >= 4 is 16.6 Å². The average Bonchev–Trinajstić information content (AvgIpc) is 2.89. The van der Waals surface area contributed by atoms with Crippen molar-refractivity contribution in [2.24, 2.45) is 5.92 Å². The minimum Gasteiger partial charge on any atom is -0.383 e. The van der Waals surface area contributed by atoms with Gasteiger partial charge in [-0.15, -0.1) is 0 Å². The number of anilines is 1. The lowest BCUT2D eigenvalue weighted by molar-refractivity contribution is 0.187. The summed E-state index contributed by atoms with van der Waals surface area (Å²) in [5.41, 5.74) is 2.14. The standard InChI is InChI=1S/C14H16N2O/c1-2-4-14-12(3-1)7-13(9-16-14)15-8-11-5-6-17-10-11/h1-4,7,9,11,15H,5-6,8,10H2. The molecule has 0 saturated carbocycles. The van der Waals surface area contributed by atoms with Gasteiger partial charge in [0.2, 0.25) is 0 Å². The lowest BCUT2D eigenvalue weighted by Crippen LogP contribution is -2.14. The highest BCUT2D eigenvalue weighted by molar-refractivity contribution is 5.81. The second-order valence-electron chi connectivity index (χ2n) is 4.53. The fourth-order valence-electron chi connectivity index (χ4n) is 2.17. The van der Waals surface area contributed by atoms with Gasteiger partial charge in [0.05, 0.1) is 24.0 Å². The van der Waals surface area contributed by atoms with Crippen LogP contribution in [0.1, 0.15) is 6.42 Å². The van der Waals surface area contributed by atoms with E-state index < -0.39 is 0 Å². The molecule has 1 saturated heterocycles. The summed E-state index contributed by atoms with van der Waals surface area (Å²) in [7, 11) is 0. The number of nitrogens with one attached hydrogen (secondary N) is 1. The van der Waals surface area contributed by atoms with Crippen molar-refractivity contribution in [1.82, 2.24) is 4.98 Å². The van der Waals surface area contributed by atoms with Crippen LogP contribution in [0.3, 0.4) is 0 Å². The number of hydrogen-bond donors (Lipinski definition) is 1. The molecule has 3 nitrogen and oxygen atoms in total. The van der Waals surface area contributed by atoms with Crippen LogP contribution < -0.4 is 5.32 Å². The minimum atomic E-state index is 0.640. The number of fused-ring (bicyclic) bond motifs is 1. The van der Waals surface area contributed by atoms with E-state index in [0.717, 1.165) is 37.4 Å². The quantitative estimate of drug-likeness (QED) is 0.877. The third-order valence-corrected chi connectivity index (χ3v) is 3.21. The van der Waals surface area contributed by atoms with Gasteiger partial charge in [-0.3, -0.25) is 4.98 Å². The lowest BCUT2D eigenvalue weighted by Gasteiger charge is -2.10. The maximum atomic E-state index is 5.36. The Morgan fingerprint density at radius 2 is 2.29 bits per heavy atom. The Morgan fingerprint density at radius 3 is 3.18 bits per heavy atom.